The van der Waals surface area contributed by atoms with E-state index in [4.69, 9.17) is 8.83 Å². The Kier molecular flexibility index (Phi) is 2.99. The molecule has 1 aliphatic rings. The van der Waals surface area contributed by atoms with Crippen molar-refractivity contribution in [2.24, 2.45) is 0 Å². The molecule has 26 heavy (non-hydrogen) atoms. The van der Waals surface area contributed by atoms with Crippen molar-refractivity contribution in [3.8, 4) is 11.3 Å². The van der Waals surface area contributed by atoms with Gasteiger partial charge >= 0.3 is 0 Å². The van der Waals surface area contributed by atoms with Crippen molar-refractivity contribution >= 4 is 28.8 Å². The number of furan rings is 2. The zero-order chi connectivity index (χ0) is 17.7. The van der Waals surface area contributed by atoms with Crippen LogP contribution in [0.25, 0.3) is 28.6 Å². The SMILES string of the molecule is O=C1C(=Cc2cc3oc(-c4ccccc4)cc3o2)C(=O)c2nccnc21. The molecule has 0 amide bonds. The van der Waals surface area contributed by atoms with E-state index in [0.717, 1.165) is 5.56 Å². The van der Waals surface area contributed by atoms with Crippen LogP contribution in [0.1, 0.15) is 26.7 Å². The van der Waals surface area contributed by atoms with Gasteiger partial charge in [0.15, 0.2) is 11.2 Å². The third-order valence-corrected chi connectivity index (χ3v) is 4.19. The predicted molar refractivity (Wildman–Crippen MR) is 92.6 cm³/mol. The lowest BCUT2D eigenvalue weighted by atomic mass is 10.1. The maximum Gasteiger partial charge on any atom is 0.217 e. The summed E-state index contributed by atoms with van der Waals surface area (Å²) in [5, 5.41) is 0. The second kappa shape index (κ2) is 5.35. The molecule has 0 bridgehead atoms. The van der Waals surface area contributed by atoms with Gasteiger partial charge in [0.05, 0.1) is 5.57 Å². The van der Waals surface area contributed by atoms with E-state index < -0.39 is 11.6 Å². The first kappa shape index (κ1) is 14.5. The van der Waals surface area contributed by atoms with E-state index in [1.165, 1.54) is 18.5 Å². The second-order valence-electron chi connectivity index (χ2n) is 5.82. The van der Waals surface area contributed by atoms with Crippen LogP contribution in [0.15, 0.2) is 69.3 Å². The molecule has 1 aromatic carbocycles. The van der Waals surface area contributed by atoms with Crippen LogP contribution in [-0.4, -0.2) is 21.5 Å². The van der Waals surface area contributed by atoms with Gasteiger partial charge in [0.2, 0.25) is 11.6 Å². The first-order valence-electron chi connectivity index (χ1n) is 7.91. The molecule has 0 aliphatic heterocycles. The molecule has 1 aliphatic carbocycles. The first-order chi connectivity index (χ1) is 12.7. The quantitative estimate of drug-likeness (QED) is 0.405. The van der Waals surface area contributed by atoms with Gasteiger partial charge in [-0.3, -0.25) is 9.59 Å². The third-order valence-electron chi connectivity index (χ3n) is 4.19. The van der Waals surface area contributed by atoms with Gasteiger partial charge in [0.1, 0.15) is 22.9 Å². The molecule has 0 fully saturated rings. The Labute approximate surface area is 146 Å². The Morgan fingerprint density at radius 2 is 1.46 bits per heavy atom. The van der Waals surface area contributed by atoms with Gasteiger partial charge in [-0.1, -0.05) is 30.3 Å². The van der Waals surface area contributed by atoms with Gasteiger partial charge in [0, 0.05) is 30.1 Å². The van der Waals surface area contributed by atoms with E-state index in [1.54, 1.807) is 12.1 Å². The van der Waals surface area contributed by atoms with E-state index in [0.29, 0.717) is 22.7 Å². The Balaban J connectivity index is 1.53. The molecule has 0 unspecified atom stereocenters. The number of carbonyl (C=O) groups is 2. The molecule has 6 nitrogen and oxygen atoms in total. The molecule has 5 rings (SSSR count). The number of hydrogen-bond donors (Lipinski definition) is 0. The van der Waals surface area contributed by atoms with Crippen molar-refractivity contribution in [3.63, 3.8) is 0 Å². The molecule has 3 heterocycles. The molecule has 0 atom stereocenters. The van der Waals surface area contributed by atoms with Gasteiger partial charge in [-0.25, -0.2) is 9.97 Å². The number of ketones is 2. The molecule has 0 spiro atoms. The molecule has 3 aromatic heterocycles. The van der Waals surface area contributed by atoms with Crippen molar-refractivity contribution in [2.75, 3.05) is 0 Å². The average molecular weight is 342 g/mol. The minimum absolute atomic E-state index is 0.00844. The molecule has 124 valence electrons. The van der Waals surface area contributed by atoms with Crippen LogP contribution in [0.3, 0.4) is 0 Å². The van der Waals surface area contributed by atoms with Crippen LogP contribution >= 0.6 is 0 Å². The van der Waals surface area contributed by atoms with Crippen LogP contribution in [0, 0.1) is 0 Å². The summed E-state index contributed by atoms with van der Waals surface area (Å²) in [7, 11) is 0. The summed E-state index contributed by atoms with van der Waals surface area (Å²) >= 11 is 0. The van der Waals surface area contributed by atoms with E-state index in [2.05, 4.69) is 9.97 Å². The number of fused-ring (bicyclic) bond motifs is 2. The maximum absolute atomic E-state index is 12.3. The zero-order valence-corrected chi connectivity index (χ0v) is 13.3. The van der Waals surface area contributed by atoms with E-state index in [9.17, 15) is 9.59 Å². The van der Waals surface area contributed by atoms with Crippen molar-refractivity contribution < 1.29 is 18.4 Å². The molecule has 0 N–H and O–H groups in total. The van der Waals surface area contributed by atoms with Gasteiger partial charge in [-0.05, 0) is 6.08 Å². The van der Waals surface area contributed by atoms with Crippen LogP contribution in [0.2, 0.25) is 0 Å². The fraction of sp³-hybridized carbons (Fsp3) is 0. The average Bonchev–Trinajstić information content (AvgIpc) is 3.30. The lowest BCUT2D eigenvalue weighted by molar-refractivity contribution is 0.0987. The second-order valence-corrected chi connectivity index (χ2v) is 5.82. The Bertz CT molecular complexity index is 1150. The van der Waals surface area contributed by atoms with Crippen LogP contribution in [0.5, 0.6) is 0 Å². The summed E-state index contributed by atoms with van der Waals surface area (Å²) in [6.45, 7) is 0. The fourth-order valence-corrected chi connectivity index (χ4v) is 2.97. The van der Waals surface area contributed by atoms with Crippen molar-refractivity contribution in [1.82, 2.24) is 9.97 Å². The van der Waals surface area contributed by atoms with Gasteiger partial charge in [0.25, 0.3) is 0 Å². The summed E-state index contributed by atoms with van der Waals surface area (Å²) in [5.74, 6) is 0.155. The normalized spacial score (nSPS) is 13.5. The maximum atomic E-state index is 12.3. The third kappa shape index (κ3) is 2.12. The standard InChI is InChI=1S/C20H10N2O4/c23-19-13(20(24)18-17(19)21-6-7-22-18)8-12-9-15-16(25-12)10-14(26-15)11-4-2-1-3-5-11/h1-10H. The lowest BCUT2D eigenvalue weighted by Gasteiger charge is -1.94. The Morgan fingerprint density at radius 1 is 0.808 bits per heavy atom. The molecule has 4 aromatic rings. The number of rotatable bonds is 2. The summed E-state index contributed by atoms with van der Waals surface area (Å²) < 4.78 is 11.5. The molecule has 0 saturated carbocycles. The zero-order valence-electron chi connectivity index (χ0n) is 13.3. The highest BCUT2D eigenvalue weighted by atomic mass is 16.4. The van der Waals surface area contributed by atoms with Gasteiger partial charge in [-0.15, -0.1) is 0 Å². The first-order valence-corrected chi connectivity index (χ1v) is 7.91. The van der Waals surface area contributed by atoms with E-state index in [1.807, 2.05) is 30.3 Å². The highest BCUT2D eigenvalue weighted by Crippen LogP contribution is 2.32. The van der Waals surface area contributed by atoms with Crippen molar-refractivity contribution in [1.29, 1.82) is 0 Å². The topological polar surface area (TPSA) is 86.2 Å². The van der Waals surface area contributed by atoms with Gasteiger partial charge in [-0.2, -0.15) is 0 Å². The number of allylic oxidation sites excluding steroid dienone is 1. The Morgan fingerprint density at radius 3 is 2.12 bits per heavy atom. The largest absolute Gasteiger partial charge is 0.453 e. The van der Waals surface area contributed by atoms with Crippen LogP contribution in [-0.2, 0) is 0 Å². The molecular weight excluding hydrogens is 332 g/mol. The van der Waals surface area contributed by atoms with Crippen LogP contribution in [0.4, 0.5) is 0 Å². The number of nitrogens with zero attached hydrogens (tertiary/aromatic N) is 2. The van der Waals surface area contributed by atoms with Crippen molar-refractivity contribution in [3.05, 3.63) is 77.6 Å². The molecule has 0 radical (unpaired) electrons. The number of aromatic nitrogens is 2. The predicted octanol–water partition coefficient (Wildman–Crippen LogP) is 3.95. The van der Waals surface area contributed by atoms with Crippen molar-refractivity contribution in [2.45, 2.75) is 0 Å². The highest BCUT2D eigenvalue weighted by molar-refractivity contribution is 6.40. The summed E-state index contributed by atoms with van der Waals surface area (Å²) in [4.78, 5) is 32.6. The molecule has 0 saturated heterocycles. The summed E-state index contributed by atoms with van der Waals surface area (Å²) in [5.41, 5.74) is 2.17. The minimum Gasteiger partial charge on any atom is -0.453 e. The van der Waals surface area contributed by atoms with Gasteiger partial charge < -0.3 is 8.83 Å². The molecule has 6 heteroatoms. The molecular formula is C20H10N2O4. The number of carbonyl (C=O) groups excluding carboxylic acids is 2. The monoisotopic (exact) mass is 342 g/mol. The van der Waals surface area contributed by atoms with E-state index in [-0.39, 0.29) is 17.0 Å². The Hall–Kier alpha value is -3.80. The minimum atomic E-state index is -0.448. The fourth-order valence-electron chi connectivity index (χ4n) is 2.97. The lowest BCUT2D eigenvalue weighted by Crippen LogP contribution is -2.00. The number of benzene rings is 1. The summed E-state index contributed by atoms with van der Waals surface area (Å²) in [6.07, 6.45) is 4.18. The number of Topliss-reactive ketones (excluding diaryl/α,β-unsaturated/α-hetero) is 2. The smallest absolute Gasteiger partial charge is 0.217 e. The summed E-state index contributed by atoms with van der Waals surface area (Å²) in [6, 6.07) is 13.1. The number of hydrogen-bond acceptors (Lipinski definition) is 6. The van der Waals surface area contributed by atoms with Crippen LogP contribution < -0.4 is 0 Å². The van der Waals surface area contributed by atoms with E-state index >= 15 is 0 Å². The highest BCUT2D eigenvalue weighted by Gasteiger charge is 2.36.